The van der Waals surface area contributed by atoms with E-state index in [0.29, 0.717) is 0 Å². The van der Waals surface area contributed by atoms with Crippen LogP contribution in [0.5, 0.6) is 0 Å². The lowest BCUT2D eigenvalue weighted by molar-refractivity contribution is 0.0976. The predicted octanol–water partition coefficient (Wildman–Crippen LogP) is 7.20. The van der Waals surface area contributed by atoms with Crippen LogP contribution in [-0.2, 0) is 16.3 Å². The van der Waals surface area contributed by atoms with E-state index in [2.05, 4.69) is 13.8 Å². The molecule has 0 aromatic rings. The Morgan fingerprint density at radius 3 is 1.52 bits per heavy atom. The zero-order valence-electron chi connectivity index (χ0n) is 17.4. The van der Waals surface area contributed by atoms with Crippen molar-refractivity contribution in [3.63, 3.8) is 0 Å². The Balaban J connectivity index is 3.67. The molecule has 0 spiro atoms. The van der Waals surface area contributed by atoms with E-state index in [0.717, 1.165) is 25.0 Å². The maximum atomic E-state index is 12.5. The van der Waals surface area contributed by atoms with Gasteiger partial charge in [0.2, 0.25) is 0 Å². The van der Waals surface area contributed by atoms with Crippen molar-refractivity contribution in [3.05, 3.63) is 0 Å². The van der Waals surface area contributed by atoms with Gasteiger partial charge in [0.15, 0.2) is 0 Å². The summed E-state index contributed by atoms with van der Waals surface area (Å²) < 4.78 is 12.5. The fraction of sp³-hybridized carbons (Fsp3) is 1.00. The summed E-state index contributed by atoms with van der Waals surface area (Å²) >= 11 is -0.921. The van der Waals surface area contributed by atoms with Gasteiger partial charge < -0.3 is 4.55 Å². The molecule has 1 radical (unpaired) electrons. The lowest BCUT2D eigenvalue weighted by Gasteiger charge is -2.23. The first-order valence-electron chi connectivity index (χ1n) is 11.2. The number of hydrogen-bond donors (Lipinski definition) is 0. The van der Waals surface area contributed by atoms with Crippen LogP contribution in [0.4, 0.5) is 0 Å². The summed E-state index contributed by atoms with van der Waals surface area (Å²) in [6.07, 6.45) is 19.1. The molecule has 0 aliphatic rings. The smallest absolute Gasteiger partial charge is 0.144 e. The average molecular weight is 374 g/mol. The highest BCUT2D eigenvalue weighted by Gasteiger charge is 2.27. The minimum atomic E-state index is -0.921. The predicted molar refractivity (Wildman–Crippen MR) is 112 cm³/mol. The third-order valence-corrected chi connectivity index (χ3v) is 7.14. The van der Waals surface area contributed by atoms with Crippen LogP contribution in [0.25, 0.3) is 0 Å². The Hall–Kier alpha value is 0.270. The molecule has 0 aliphatic heterocycles. The Morgan fingerprint density at radius 2 is 1.08 bits per heavy atom. The second-order valence-electron chi connectivity index (χ2n) is 7.71. The van der Waals surface area contributed by atoms with Crippen LogP contribution in [0, 0.1) is 0 Å². The summed E-state index contributed by atoms with van der Waals surface area (Å²) in [7, 11) is 0. The van der Waals surface area contributed by atoms with Crippen molar-refractivity contribution in [1.29, 1.82) is 0 Å². The molecule has 3 heteroatoms. The normalized spacial score (nSPS) is 15.2. The van der Waals surface area contributed by atoms with E-state index in [4.69, 9.17) is 0 Å². The second kappa shape index (κ2) is 19.0. The third-order valence-electron chi connectivity index (χ3n) is 5.15. The van der Waals surface area contributed by atoms with Gasteiger partial charge in [-0.3, -0.25) is 0 Å². The van der Waals surface area contributed by atoms with Gasteiger partial charge in [0.25, 0.3) is 0 Å². The molecule has 0 aliphatic carbocycles. The number of rotatable bonds is 19. The highest BCUT2D eigenvalue weighted by molar-refractivity contribution is 7.92. The van der Waals surface area contributed by atoms with E-state index in [9.17, 15) is 9.66 Å². The first kappa shape index (κ1) is 25.3. The Kier molecular flexibility index (Phi) is 19.2. The Morgan fingerprint density at radius 1 is 0.680 bits per heavy atom. The van der Waals surface area contributed by atoms with Gasteiger partial charge in [0.05, 0.1) is 0 Å². The summed E-state index contributed by atoms with van der Waals surface area (Å²) in [6.45, 7) is 6.18. The number of unbranched alkanes of at least 4 members (excludes halogenated alkanes) is 13. The van der Waals surface area contributed by atoms with Gasteiger partial charge in [-0.25, -0.2) is 5.11 Å². The second-order valence-corrected chi connectivity index (χ2v) is 9.49. The fourth-order valence-corrected chi connectivity index (χ4v) is 5.06. The van der Waals surface area contributed by atoms with Crippen molar-refractivity contribution >= 4 is 11.2 Å². The van der Waals surface area contributed by atoms with Gasteiger partial charge in [-0.15, -0.1) is 0 Å². The van der Waals surface area contributed by atoms with Crippen LogP contribution in [-0.4, -0.2) is 21.7 Å². The highest BCUT2D eigenvalue weighted by Crippen LogP contribution is 2.19. The summed E-state index contributed by atoms with van der Waals surface area (Å²) in [4.78, 5) is 0. The van der Waals surface area contributed by atoms with Crippen molar-refractivity contribution in [3.8, 4) is 0 Å². The molecule has 0 N–H and O–H groups in total. The topological polar surface area (TPSA) is 43.0 Å². The average Bonchev–Trinajstić information content (AvgIpc) is 2.59. The monoisotopic (exact) mass is 373 g/mol. The van der Waals surface area contributed by atoms with E-state index in [1.807, 2.05) is 0 Å². The molecule has 0 fully saturated rings. The summed E-state index contributed by atoms with van der Waals surface area (Å²) in [5.74, 6) is 0.739. The molecular weight excluding hydrogens is 328 g/mol. The van der Waals surface area contributed by atoms with Crippen LogP contribution >= 0.6 is 0 Å². The van der Waals surface area contributed by atoms with E-state index in [1.165, 1.54) is 83.5 Å². The molecule has 0 saturated heterocycles. The minimum absolute atomic E-state index is 0.125. The van der Waals surface area contributed by atoms with Gasteiger partial charge in [0.1, 0.15) is 17.1 Å². The third kappa shape index (κ3) is 16.2. The molecule has 151 valence electrons. The molecule has 3 atom stereocenters. The molecule has 0 aromatic heterocycles. The van der Waals surface area contributed by atoms with Gasteiger partial charge in [-0.2, -0.15) is 0 Å². The fourth-order valence-electron chi connectivity index (χ4n) is 3.41. The van der Waals surface area contributed by atoms with Crippen molar-refractivity contribution < 1.29 is 9.66 Å². The largest absolute Gasteiger partial charge is 0.616 e. The van der Waals surface area contributed by atoms with Gasteiger partial charge in [-0.1, -0.05) is 90.9 Å². The van der Waals surface area contributed by atoms with Crippen LogP contribution in [0.2, 0.25) is 0 Å². The zero-order chi connectivity index (χ0) is 18.8. The maximum absolute atomic E-state index is 12.5. The van der Waals surface area contributed by atoms with Gasteiger partial charge >= 0.3 is 0 Å². The molecule has 0 saturated carbocycles. The van der Waals surface area contributed by atoms with Crippen LogP contribution < -0.4 is 0 Å². The molecule has 0 amide bonds. The molecular formula is C22H45O2S. The van der Waals surface area contributed by atoms with Gasteiger partial charge in [-0.05, 0) is 43.8 Å². The summed E-state index contributed by atoms with van der Waals surface area (Å²) in [5, 5.41) is 11.8. The Bertz CT molecular complexity index is 258. The lowest BCUT2D eigenvalue weighted by atomic mass is 10.1. The van der Waals surface area contributed by atoms with Crippen molar-refractivity contribution in [2.75, 3.05) is 5.75 Å². The molecule has 0 aromatic carbocycles. The highest BCUT2D eigenvalue weighted by atomic mass is 32.2. The quantitative estimate of drug-likeness (QED) is 0.174. The Labute approximate surface area is 161 Å². The van der Waals surface area contributed by atoms with Crippen molar-refractivity contribution in [1.82, 2.24) is 0 Å². The van der Waals surface area contributed by atoms with Crippen molar-refractivity contribution in [2.24, 2.45) is 0 Å². The molecule has 0 bridgehead atoms. The summed E-state index contributed by atoms with van der Waals surface area (Å²) in [5.41, 5.74) is 0. The summed E-state index contributed by atoms with van der Waals surface area (Å²) in [6, 6.07) is 0. The zero-order valence-corrected chi connectivity index (χ0v) is 18.2. The molecule has 25 heavy (non-hydrogen) atoms. The van der Waals surface area contributed by atoms with E-state index in [1.54, 1.807) is 6.92 Å². The molecule has 3 unspecified atom stereocenters. The first-order valence-corrected chi connectivity index (χ1v) is 12.5. The minimum Gasteiger partial charge on any atom is -0.616 e. The maximum Gasteiger partial charge on any atom is 0.144 e. The number of hydrogen-bond acceptors (Lipinski definition) is 1. The van der Waals surface area contributed by atoms with Crippen LogP contribution in [0.1, 0.15) is 124 Å². The van der Waals surface area contributed by atoms with Crippen LogP contribution in [0.15, 0.2) is 0 Å². The van der Waals surface area contributed by atoms with Crippen LogP contribution in [0.3, 0.4) is 0 Å². The molecule has 2 nitrogen and oxygen atoms in total. The first-order chi connectivity index (χ1) is 12.1. The molecule has 0 heterocycles. The lowest BCUT2D eigenvalue weighted by Crippen LogP contribution is -2.33. The van der Waals surface area contributed by atoms with E-state index < -0.39 is 17.3 Å². The van der Waals surface area contributed by atoms with E-state index >= 15 is 0 Å². The van der Waals surface area contributed by atoms with E-state index in [-0.39, 0.29) is 5.25 Å². The van der Waals surface area contributed by atoms with Gasteiger partial charge in [0, 0.05) is 0 Å². The van der Waals surface area contributed by atoms with Crippen molar-refractivity contribution in [2.45, 2.75) is 135 Å². The standard InChI is InChI=1S/C22H45O2S/c1-4-6-8-10-12-13-14-16-18-20-25(24)22(21(3)23)19-17-15-11-9-7-5-2/h21-22H,4-20H2,1-3H3. The molecule has 0 rings (SSSR count). The SMILES string of the molecule is CCCCCCCCCCC[S+]([O-])C(CCCCCCCC)C(C)[O].